The van der Waals surface area contributed by atoms with Gasteiger partial charge in [0.2, 0.25) is 0 Å². The second-order valence-corrected chi connectivity index (χ2v) is 4.00. The van der Waals surface area contributed by atoms with E-state index in [2.05, 4.69) is 6.92 Å². The van der Waals surface area contributed by atoms with Crippen LogP contribution in [-0.2, 0) is 0 Å². The fourth-order valence-corrected chi connectivity index (χ4v) is 2.04. The summed E-state index contributed by atoms with van der Waals surface area (Å²) in [7, 11) is 0. The zero-order chi connectivity index (χ0) is 9.26. The topological polar surface area (TPSA) is 0 Å². The van der Waals surface area contributed by atoms with E-state index in [-0.39, 0.29) is 5.82 Å². The van der Waals surface area contributed by atoms with Crippen LogP contribution in [0.2, 0.25) is 0 Å². The number of rotatable bonds is 2. The Kier molecular flexibility index (Phi) is 2.34. The van der Waals surface area contributed by atoms with E-state index in [1.54, 1.807) is 12.1 Å². The van der Waals surface area contributed by atoms with Crippen molar-refractivity contribution in [2.45, 2.75) is 32.1 Å². The normalized spacial score (nSPS) is 19.5. The highest BCUT2D eigenvalue weighted by molar-refractivity contribution is 5.22. The van der Waals surface area contributed by atoms with Crippen molar-refractivity contribution in [2.24, 2.45) is 5.92 Å². The Hall–Kier alpha value is -0.850. The quantitative estimate of drug-likeness (QED) is 0.647. The van der Waals surface area contributed by atoms with Gasteiger partial charge in [-0.3, -0.25) is 0 Å². The van der Waals surface area contributed by atoms with E-state index >= 15 is 0 Å². The molecule has 70 valence electrons. The first-order chi connectivity index (χ1) is 6.29. The lowest BCUT2D eigenvalue weighted by Crippen LogP contribution is -2.18. The van der Waals surface area contributed by atoms with Gasteiger partial charge in [-0.05, 0) is 36.3 Å². The maximum atomic E-state index is 13.4. The molecule has 0 radical (unpaired) electrons. The molecule has 1 unspecified atom stereocenters. The minimum atomic E-state index is -0.0399. The van der Waals surface area contributed by atoms with Crippen molar-refractivity contribution < 1.29 is 4.39 Å². The molecule has 1 aromatic carbocycles. The zero-order valence-electron chi connectivity index (χ0n) is 7.96. The third-order valence-electron chi connectivity index (χ3n) is 3.25. The molecule has 1 atom stereocenters. The van der Waals surface area contributed by atoms with Crippen LogP contribution in [0.3, 0.4) is 0 Å². The van der Waals surface area contributed by atoms with Gasteiger partial charge in [-0.2, -0.15) is 0 Å². The Morgan fingerprint density at radius 2 is 2.00 bits per heavy atom. The number of halogens is 1. The zero-order valence-corrected chi connectivity index (χ0v) is 7.96. The molecule has 13 heavy (non-hydrogen) atoms. The minimum Gasteiger partial charge on any atom is -0.207 e. The molecule has 0 amide bonds. The molecule has 1 aliphatic rings. The Bertz CT molecular complexity index is 289. The first-order valence-corrected chi connectivity index (χ1v) is 5.03. The molecule has 1 fully saturated rings. The van der Waals surface area contributed by atoms with Gasteiger partial charge in [0.25, 0.3) is 0 Å². The monoisotopic (exact) mass is 178 g/mol. The number of benzene rings is 1. The summed E-state index contributed by atoms with van der Waals surface area (Å²) in [6.07, 6.45) is 3.87. The molecule has 2 rings (SSSR count). The average molecular weight is 178 g/mol. The van der Waals surface area contributed by atoms with E-state index < -0.39 is 0 Å². The van der Waals surface area contributed by atoms with Crippen LogP contribution >= 0.6 is 0 Å². The summed E-state index contributed by atoms with van der Waals surface area (Å²) in [5.41, 5.74) is 0.896. The Balaban J connectivity index is 2.18. The van der Waals surface area contributed by atoms with Crippen LogP contribution in [0.4, 0.5) is 4.39 Å². The molecular formula is C12H15F. The predicted molar refractivity (Wildman–Crippen MR) is 52.2 cm³/mol. The van der Waals surface area contributed by atoms with E-state index in [0.29, 0.717) is 5.92 Å². The lowest BCUT2D eigenvalue weighted by atomic mass is 9.74. The van der Waals surface area contributed by atoms with Crippen LogP contribution in [0.5, 0.6) is 0 Å². The van der Waals surface area contributed by atoms with Crippen molar-refractivity contribution in [2.75, 3.05) is 0 Å². The standard InChI is InChI=1S/C12H15F/c1-9(10-5-4-6-10)11-7-2-3-8-12(11)13/h2-3,7-10H,4-6H2,1H3. The van der Waals surface area contributed by atoms with Crippen molar-refractivity contribution in [1.82, 2.24) is 0 Å². The number of hydrogen-bond donors (Lipinski definition) is 0. The molecular weight excluding hydrogens is 163 g/mol. The third kappa shape index (κ3) is 1.60. The van der Waals surface area contributed by atoms with Crippen molar-refractivity contribution >= 4 is 0 Å². The molecule has 1 heteroatoms. The first-order valence-electron chi connectivity index (χ1n) is 5.03. The van der Waals surface area contributed by atoms with E-state index in [9.17, 15) is 4.39 Å². The van der Waals surface area contributed by atoms with Crippen molar-refractivity contribution in [3.8, 4) is 0 Å². The molecule has 1 saturated carbocycles. The first kappa shape index (κ1) is 8.74. The van der Waals surface area contributed by atoms with Gasteiger partial charge in [-0.25, -0.2) is 4.39 Å². The maximum absolute atomic E-state index is 13.4. The van der Waals surface area contributed by atoms with Crippen molar-refractivity contribution in [1.29, 1.82) is 0 Å². The molecule has 0 nitrogen and oxygen atoms in total. The van der Waals surface area contributed by atoms with Crippen LogP contribution in [-0.4, -0.2) is 0 Å². The summed E-state index contributed by atoms with van der Waals surface area (Å²) < 4.78 is 13.4. The van der Waals surface area contributed by atoms with Crippen molar-refractivity contribution in [3.05, 3.63) is 35.6 Å². The van der Waals surface area contributed by atoms with E-state index in [0.717, 1.165) is 11.5 Å². The molecule has 0 N–H and O–H groups in total. The van der Waals surface area contributed by atoms with Gasteiger partial charge in [0, 0.05) is 0 Å². The third-order valence-corrected chi connectivity index (χ3v) is 3.25. The summed E-state index contributed by atoms with van der Waals surface area (Å²) in [5.74, 6) is 1.08. The summed E-state index contributed by atoms with van der Waals surface area (Å²) in [6, 6.07) is 7.16. The Labute approximate surface area is 78.8 Å². The summed E-state index contributed by atoms with van der Waals surface area (Å²) in [5, 5.41) is 0. The largest absolute Gasteiger partial charge is 0.207 e. The van der Waals surface area contributed by atoms with Crippen LogP contribution in [0.25, 0.3) is 0 Å². The molecule has 1 aromatic rings. The molecule has 0 bridgehead atoms. The molecule has 0 aromatic heterocycles. The molecule has 0 heterocycles. The second-order valence-electron chi connectivity index (χ2n) is 4.00. The van der Waals surface area contributed by atoms with Crippen LogP contribution < -0.4 is 0 Å². The Morgan fingerprint density at radius 1 is 1.31 bits per heavy atom. The van der Waals surface area contributed by atoms with E-state index in [1.165, 1.54) is 19.3 Å². The summed E-state index contributed by atoms with van der Waals surface area (Å²) in [6.45, 7) is 2.14. The molecule has 1 aliphatic carbocycles. The lowest BCUT2D eigenvalue weighted by molar-refractivity contribution is 0.268. The van der Waals surface area contributed by atoms with Gasteiger partial charge < -0.3 is 0 Å². The van der Waals surface area contributed by atoms with Gasteiger partial charge in [0.05, 0.1) is 0 Å². The average Bonchev–Trinajstić information content (AvgIpc) is 2.01. The highest BCUT2D eigenvalue weighted by atomic mass is 19.1. The summed E-state index contributed by atoms with van der Waals surface area (Å²) in [4.78, 5) is 0. The summed E-state index contributed by atoms with van der Waals surface area (Å²) >= 11 is 0. The number of hydrogen-bond acceptors (Lipinski definition) is 0. The fourth-order valence-electron chi connectivity index (χ4n) is 2.04. The SMILES string of the molecule is CC(c1ccccc1F)C1CCC1. The minimum absolute atomic E-state index is 0.0399. The Morgan fingerprint density at radius 3 is 2.54 bits per heavy atom. The van der Waals surface area contributed by atoms with Crippen LogP contribution in [0.15, 0.2) is 24.3 Å². The second kappa shape index (κ2) is 3.49. The van der Waals surface area contributed by atoms with Crippen LogP contribution in [0, 0.1) is 11.7 Å². The molecule has 0 saturated heterocycles. The van der Waals surface area contributed by atoms with Crippen LogP contribution in [0.1, 0.15) is 37.7 Å². The maximum Gasteiger partial charge on any atom is 0.126 e. The van der Waals surface area contributed by atoms with Gasteiger partial charge >= 0.3 is 0 Å². The molecule has 0 aliphatic heterocycles. The predicted octanol–water partition coefficient (Wildman–Crippen LogP) is 3.73. The highest BCUT2D eigenvalue weighted by Crippen LogP contribution is 2.39. The highest BCUT2D eigenvalue weighted by Gasteiger charge is 2.26. The molecule has 0 spiro atoms. The van der Waals surface area contributed by atoms with E-state index in [4.69, 9.17) is 0 Å². The van der Waals surface area contributed by atoms with Gasteiger partial charge in [-0.15, -0.1) is 0 Å². The van der Waals surface area contributed by atoms with Crippen molar-refractivity contribution in [3.63, 3.8) is 0 Å². The lowest BCUT2D eigenvalue weighted by Gasteiger charge is -2.31. The fraction of sp³-hybridized carbons (Fsp3) is 0.500. The van der Waals surface area contributed by atoms with Gasteiger partial charge in [0.1, 0.15) is 5.82 Å². The smallest absolute Gasteiger partial charge is 0.126 e. The van der Waals surface area contributed by atoms with Gasteiger partial charge in [0.15, 0.2) is 0 Å². The van der Waals surface area contributed by atoms with Gasteiger partial charge in [-0.1, -0.05) is 31.5 Å². The van der Waals surface area contributed by atoms with E-state index in [1.807, 2.05) is 12.1 Å².